The highest BCUT2D eigenvalue weighted by molar-refractivity contribution is 6.29. The Labute approximate surface area is 75.6 Å². The highest BCUT2D eigenvalue weighted by atomic mass is 35.5. The first-order valence-electron chi connectivity index (χ1n) is 4.54. The lowest BCUT2D eigenvalue weighted by atomic mass is 9.96. The molecule has 66 valence electrons. The van der Waals surface area contributed by atoms with E-state index >= 15 is 0 Å². The molecule has 0 spiro atoms. The van der Waals surface area contributed by atoms with Crippen molar-refractivity contribution in [2.24, 2.45) is 5.92 Å². The molecule has 1 atom stereocenters. The maximum atomic E-state index is 5.74. The third kappa shape index (κ3) is 6.43. The summed E-state index contributed by atoms with van der Waals surface area (Å²) in [6, 6.07) is 0. The third-order valence-corrected chi connectivity index (χ3v) is 2.21. The highest BCUT2D eigenvalue weighted by Crippen LogP contribution is 2.21. The monoisotopic (exact) mass is 174 g/mol. The van der Waals surface area contributed by atoms with E-state index in [1.54, 1.807) is 0 Å². The summed E-state index contributed by atoms with van der Waals surface area (Å²) >= 11 is 5.74. The van der Waals surface area contributed by atoms with Crippen LogP contribution in [0.2, 0.25) is 0 Å². The number of unbranched alkanes of at least 4 members (excludes halogenated alkanes) is 1. The Morgan fingerprint density at radius 3 is 2.45 bits per heavy atom. The van der Waals surface area contributed by atoms with Crippen LogP contribution in [0.4, 0.5) is 0 Å². The number of rotatable bonds is 6. The van der Waals surface area contributed by atoms with Crippen LogP contribution in [0.15, 0.2) is 11.6 Å². The molecular weight excluding hydrogens is 156 g/mol. The predicted octanol–water partition coefficient (Wildman–Crippen LogP) is 4.35. The summed E-state index contributed by atoms with van der Waals surface area (Å²) in [4.78, 5) is 0. The van der Waals surface area contributed by atoms with Crippen molar-refractivity contribution in [2.45, 2.75) is 46.0 Å². The summed E-state index contributed by atoms with van der Waals surface area (Å²) in [5.41, 5.74) is 0. The molecule has 0 N–H and O–H groups in total. The molecule has 11 heavy (non-hydrogen) atoms. The van der Waals surface area contributed by atoms with Gasteiger partial charge in [0.15, 0.2) is 0 Å². The molecule has 0 saturated heterocycles. The Balaban J connectivity index is 3.49. The number of hydrogen-bond acceptors (Lipinski definition) is 0. The summed E-state index contributed by atoms with van der Waals surface area (Å²) in [5, 5.41) is 0.813. The van der Waals surface area contributed by atoms with Crippen molar-refractivity contribution < 1.29 is 0 Å². The summed E-state index contributed by atoms with van der Waals surface area (Å²) in [6.07, 6.45) is 6.14. The van der Waals surface area contributed by atoms with Crippen molar-refractivity contribution in [3.8, 4) is 0 Å². The molecule has 0 aromatic carbocycles. The molecule has 0 unspecified atom stereocenters. The van der Waals surface area contributed by atoms with Gasteiger partial charge >= 0.3 is 0 Å². The fourth-order valence-electron chi connectivity index (χ4n) is 1.26. The minimum absolute atomic E-state index is 0.764. The zero-order valence-electron chi connectivity index (χ0n) is 7.70. The van der Waals surface area contributed by atoms with Crippen molar-refractivity contribution >= 4 is 11.6 Å². The van der Waals surface area contributed by atoms with Gasteiger partial charge in [-0.2, -0.15) is 0 Å². The average Bonchev–Trinajstić information content (AvgIpc) is 1.97. The van der Waals surface area contributed by atoms with Gasteiger partial charge in [0, 0.05) is 5.03 Å². The van der Waals surface area contributed by atoms with Crippen LogP contribution >= 0.6 is 11.6 Å². The molecule has 0 aliphatic heterocycles. The van der Waals surface area contributed by atoms with Gasteiger partial charge in [0.2, 0.25) is 0 Å². The Morgan fingerprint density at radius 1 is 1.45 bits per heavy atom. The fourth-order valence-corrected chi connectivity index (χ4v) is 1.47. The quantitative estimate of drug-likeness (QED) is 0.562. The molecule has 0 aromatic heterocycles. The first-order valence-corrected chi connectivity index (χ1v) is 4.91. The van der Waals surface area contributed by atoms with Gasteiger partial charge in [-0.25, -0.2) is 0 Å². The van der Waals surface area contributed by atoms with Gasteiger partial charge in [-0.3, -0.25) is 0 Å². The van der Waals surface area contributed by atoms with Crippen LogP contribution in [-0.4, -0.2) is 0 Å². The first-order chi connectivity index (χ1) is 5.20. The minimum Gasteiger partial charge on any atom is -0.0898 e. The van der Waals surface area contributed by atoms with Crippen molar-refractivity contribution in [3.63, 3.8) is 0 Å². The molecule has 0 aliphatic rings. The smallest absolute Gasteiger partial charge is 0.0112 e. The lowest BCUT2D eigenvalue weighted by Crippen LogP contribution is -1.97. The molecule has 0 aromatic rings. The van der Waals surface area contributed by atoms with E-state index < -0.39 is 0 Å². The largest absolute Gasteiger partial charge is 0.0898 e. The van der Waals surface area contributed by atoms with Crippen molar-refractivity contribution in [1.29, 1.82) is 0 Å². The first kappa shape index (κ1) is 11.0. The van der Waals surface area contributed by atoms with Gasteiger partial charge < -0.3 is 0 Å². The molecule has 0 heterocycles. The Hall–Kier alpha value is 0.0300. The second kappa shape index (κ2) is 6.72. The van der Waals surface area contributed by atoms with Crippen LogP contribution in [0.5, 0.6) is 0 Å². The van der Waals surface area contributed by atoms with Crippen molar-refractivity contribution in [2.75, 3.05) is 0 Å². The summed E-state index contributed by atoms with van der Waals surface area (Å²) in [5.74, 6) is 0.764. The molecule has 0 amide bonds. The zero-order chi connectivity index (χ0) is 8.69. The number of allylic oxidation sites excluding steroid dienone is 1. The average molecular weight is 175 g/mol. The zero-order valence-corrected chi connectivity index (χ0v) is 8.45. The fraction of sp³-hybridized carbons (Fsp3) is 0.800. The summed E-state index contributed by atoms with van der Waals surface area (Å²) in [6.45, 7) is 8.16. The Bertz CT molecular complexity index is 107. The normalized spacial score (nSPS) is 13.0. The third-order valence-electron chi connectivity index (χ3n) is 2.05. The molecule has 0 saturated carbocycles. The molecule has 0 rings (SSSR count). The van der Waals surface area contributed by atoms with E-state index in [9.17, 15) is 0 Å². The minimum atomic E-state index is 0.764. The molecule has 0 aliphatic carbocycles. The molecule has 0 nitrogen and oxygen atoms in total. The molecular formula is C10H19Cl. The van der Waals surface area contributed by atoms with Gasteiger partial charge in [0.1, 0.15) is 0 Å². The van der Waals surface area contributed by atoms with Crippen molar-refractivity contribution in [3.05, 3.63) is 11.6 Å². The van der Waals surface area contributed by atoms with Crippen LogP contribution in [0, 0.1) is 5.92 Å². The molecule has 0 bridgehead atoms. The number of halogens is 1. The molecule has 0 radical (unpaired) electrons. The van der Waals surface area contributed by atoms with Gasteiger partial charge in [0.25, 0.3) is 0 Å². The molecule has 1 heteroatoms. The second-order valence-electron chi connectivity index (χ2n) is 3.14. The van der Waals surface area contributed by atoms with E-state index in [1.807, 2.05) is 0 Å². The maximum Gasteiger partial charge on any atom is 0.0112 e. The van der Waals surface area contributed by atoms with E-state index in [4.69, 9.17) is 11.6 Å². The van der Waals surface area contributed by atoms with Gasteiger partial charge in [-0.15, -0.1) is 0 Å². The van der Waals surface area contributed by atoms with Crippen LogP contribution in [0.1, 0.15) is 46.0 Å². The summed E-state index contributed by atoms with van der Waals surface area (Å²) < 4.78 is 0. The Morgan fingerprint density at radius 2 is 2.09 bits per heavy atom. The second-order valence-corrected chi connectivity index (χ2v) is 3.67. The van der Waals surface area contributed by atoms with Crippen LogP contribution in [0.3, 0.4) is 0 Å². The van der Waals surface area contributed by atoms with Crippen LogP contribution in [-0.2, 0) is 0 Å². The van der Waals surface area contributed by atoms with Crippen LogP contribution in [0.25, 0.3) is 0 Å². The lowest BCUT2D eigenvalue weighted by Gasteiger charge is -2.12. The van der Waals surface area contributed by atoms with E-state index in [-0.39, 0.29) is 0 Å². The Kier molecular flexibility index (Phi) is 6.74. The SMILES string of the molecule is C=C(Cl)C[C@@H](CC)CCCC. The van der Waals surface area contributed by atoms with E-state index in [1.165, 1.54) is 25.7 Å². The molecule has 0 fully saturated rings. The predicted molar refractivity (Wildman–Crippen MR) is 52.9 cm³/mol. The lowest BCUT2D eigenvalue weighted by molar-refractivity contribution is 0.454. The van der Waals surface area contributed by atoms with Crippen molar-refractivity contribution in [1.82, 2.24) is 0 Å². The van der Waals surface area contributed by atoms with E-state index in [0.29, 0.717) is 0 Å². The number of hydrogen-bond donors (Lipinski definition) is 0. The van der Waals surface area contributed by atoms with Gasteiger partial charge in [-0.1, -0.05) is 57.7 Å². The maximum absolute atomic E-state index is 5.74. The van der Waals surface area contributed by atoms with Gasteiger partial charge in [0.05, 0.1) is 0 Å². The van der Waals surface area contributed by atoms with Crippen LogP contribution < -0.4 is 0 Å². The van der Waals surface area contributed by atoms with E-state index in [0.717, 1.165) is 17.4 Å². The van der Waals surface area contributed by atoms with Gasteiger partial charge in [-0.05, 0) is 12.3 Å². The summed E-state index contributed by atoms with van der Waals surface area (Å²) in [7, 11) is 0. The van der Waals surface area contributed by atoms with E-state index in [2.05, 4.69) is 20.4 Å². The topological polar surface area (TPSA) is 0 Å². The standard InChI is InChI=1S/C10H19Cl/c1-4-6-7-10(5-2)8-9(3)11/h10H,3-8H2,1-2H3/t10-/m0/s1. The highest BCUT2D eigenvalue weighted by Gasteiger charge is 2.05.